The molecule has 96 valence electrons. The molecular formula is C13H15Cl3SiTi. The van der Waals surface area contributed by atoms with E-state index in [-0.39, 0.29) is 46.5 Å². The van der Waals surface area contributed by atoms with Crippen molar-refractivity contribution in [2.24, 2.45) is 0 Å². The molecule has 0 aromatic carbocycles. The second-order valence-corrected chi connectivity index (χ2v) is 9.06. The number of rotatable bonds is 4. The van der Waals surface area contributed by atoms with E-state index in [0.29, 0.717) is 0 Å². The number of hydrogen-bond donors (Lipinski definition) is 0. The summed E-state index contributed by atoms with van der Waals surface area (Å²) in [5.41, 5.74) is 0. The van der Waals surface area contributed by atoms with Crippen LogP contribution in [0.5, 0.6) is 0 Å². The van der Waals surface area contributed by atoms with E-state index in [1.165, 1.54) is 10.4 Å². The smallest absolute Gasteiger partial charge is 1.00 e. The summed E-state index contributed by atoms with van der Waals surface area (Å²) in [6, 6.07) is 1.09. The first kappa shape index (κ1) is 21.1. The second kappa shape index (κ2) is 9.63. The Kier molecular flexibility index (Phi) is 11.3. The minimum atomic E-state index is -1.97. The van der Waals surface area contributed by atoms with Crippen molar-refractivity contribution in [3.63, 3.8) is 0 Å². The van der Waals surface area contributed by atoms with Crippen LogP contribution in [0.3, 0.4) is 0 Å². The molecule has 2 rings (SSSR count). The first-order valence-corrected chi connectivity index (χ1v) is 8.74. The molecule has 0 N–H and O–H groups in total. The van der Waals surface area contributed by atoms with Crippen molar-refractivity contribution in [3.8, 4) is 0 Å². The molecule has 2 aliphatic rings. The minimum absolute atomic E-state index is 0. The summed E-state index contributed by atoms with van der Waals surface area (Å²) in [6.07, 6.45) is 18.4. The van der Waals surface area contributed by atoms with Crippen LogP contribution in [-0.2, 0) is 21.7 Å². The van der Waals surface area contributed by atoms with Crippen LogP contribution in [-0.4, -0.2) is 7.38 Å². The summed E-state index contributed by atoms with van der Waals surface area (Å²) < 4.78 is 0. The van der Waals surface area contributed by atoms with Crippen LogP contribution >= 0.6 is 11.1 Å². The molecule has 0 heterocycles. The minimum Gasteiger partial charge on any atom is -1.00 e. The monoisotopic (exact) mass is 352 g/mol. The van der Waals surface area contributed by atoms with Crippen molar-refractivity contribution in [2.75, 3.05) is 0 Å². The van der Waals surface area contributed by atoms with Gasteiger partial charge in [0.1, 0.15) is 7.38 Å². The molecule has 0 atom stereocenters. The fourth-order valence-electron chi connectivity index (χ4n) is 2.11. The SMILES string of the molecule is CCC[Si](Cl)(C1=[C-]CC=C1)C1=[C-]CC=C1.[Cl-].[Cl-].[Ti+4]. The van der Waals surface area contributed by atoms with E-state index in [4.69, 9.17) is 11.1 Å². The molecule has 0 fully saturated rings. The predicted molar refractivity (Wildman–Crippen MR) is 67.7 cm³/mol. The van der Waals surface area contributed by atoms with Gasteiger partial charge in [-0.3, -0.25) is 12.2 Å². The van der Waals surface area contributed by atoms with E-state index in [1.54, 1.807) is 0 Å². The molecule has 0 aromatic heterocycles. The molecule has 0 aliphatic heterocycles. The number of hydrogen-bond acceptors (Lipinski definition) is 0. The Morgan fingerprint density at radius 3 is 1.83 bits per heavy atom. The van der Waals surface area contributed by atoms with Gasteiger partial charge in [0, 0.05) is 0 Å². The third kappa shape index (κ3) is 4.40. The van der Waals surface area contributed by atoms with Gasteiger partial charge in [-0.1, -0.05) is 13.3 Å². The average molecular weight is 354 g/mol. The van der Waals surface area contributed by atoms with Gasteiger partial charge in [-0.25, -0.2) is 22.5 Å². The van der Waals surface area contributed by atoms with Gasteiger partial charge in [0.25, 0.3) is 0 Å². The van der Waals surface area contributed by atoms with E-state index in [0.717, 1.165) is 25.3 Å². The molecule has 0 aromatic rings. The van der Waals surface area contributed by atoms with Gasteiger partial charge in [-0.15, -0.1) is 12.8 Å². The summed E-state index contributed by atoms with van der Waals surface area (Å²) in [5, 5.41) is 2.53. The summed E-state index contributed by atoms with van der Waals surface area (Å²) in [5.74, 6) is 0. The zero-order valence-electron chi connectivity index (χ0n) is 10.3. The zero-order chi connectivity index (χ0) is 10.7. The molecule has 2 aliphatic carbocycles. The first-order valence-electron chi connectivity index (χ1n) is 5.52. The van der Waals surface area contributed by atoms with Crippen LogP contribution in [0.2, 0.25) is 6.04 Å². The molecule has 0 saturated carbocycles. The topological polar surface area (TPSA) is 0 Å². The summed E-state index contributed by atoms with van der Waals surface area (Å²) in [7, 11) is -1.97. The van der Waals surface area contributed by atoms with E-state index in [1.807, 2.05) is 0 Å². The number of allylic oxidation sites excluding steroid dienone is 8. The Morgan fingerprint density at radius 1 is 1.11 bits per heavy atom. The fraction of sp³-hybridized carbons (Fsp3) is 0.385. The second-order valence-electron chi connectivity index (χ2n) is 3.95. The predicted octanol–water partition coefficient (Wildman–Crippen LogP) is -1.96. The van der Waals surface area contributed by atoms with Crippen molar-refractivity contribution >= 4 is 18.5 Å². The summed E-state index contributed by atoms with van der Waals surface area (Å²) in [6.45, 7) is 2.20. The Balaban J connectivity index is 0. The maximum atomic E-state index is 6.89. The van der Waals surface area contributed by atoms with Crippen molar-refractivity contribution in [3.05, 3.63) is 46.8 Å². The van der Waals surface area contributed by atoms with E-state index in [9.17, 15) is 0 Å². The van der Waals surface area contributed by atoms with Gasteiger partial charge in [0.15, 0.2) is 0 Å². The van der Waals surface area contributed by atoms with Crippen molar-refractivity contribution in [1.82, 2.24) is 0 Å². The summed E-state index contributed by atoms with van der Waals surface area (Å²) >= 11 is 6.89. The fourth-order valence-corrected chi connectivity index (χ4v) is 6.50. The Morgan fingerprint density at radius 2 is 1.56 bits per heavy atom. The third-order valence-electron chi connectivity index (χ3n) is 2.84. The maximum absolute atomic E-state index is 6.89. The van der Waals surface area contributed by atoms with Crippen LogP contribution in [0.4, 0.5) is 0 Å². The van der Waals surface area contributed by atoms with Crippen molar-refractivity contribution in [2.45, 2.75) is 32.2 Å². The first-order chi connectivity index (χ1) is 7.27. The molecule has 0 radical (unpaired) electrons. The van der Waals surface area contributed by atoms with Crippen LogP contribution in [0.15, 0.2) is 34.7 Å². The molecule has 0 saturated heterocycles. The third-order valence-corrected chi connectivity index (χ3v) is 8.21. The van der Waals surface area contributed by atoms with E-state index in [2.05, 4.69) is 43.4 Å². The molecule has 0 spiro atoms. The van der Waals surface area contributed by atoms with Gasteiger partial charge >= 0.3 is 21.7 Å². The Hall–Kier alpha value is 0.761. The van der Waals surface area contributed by atoms with Crippen LogP contribution in [0.1, 0.15) is 26.2 Å². The van der Waals surface area contributed by atoms with Crippen molar-refractivity contribution < 1.29 is 46.5 Å². The van der Waals surface area contributed by atoms with Crippen molar-refractivity contribution in [1.29, 1.82) is 0 Å². The zero-order valence-corrected chi connectivity index (χ0v) is 15.1. The molecule has 0 unspecified atom stereocenters. The quantitative estimate of drug-likeness (QED) is 0.313. The van der Waals surface area contributed by atoms with Crippen LogP contribution in [0.25, 0.3) is 0 Å². The van der Waals surface area contributed by atoms with Crippen LogP contribution in [0, 0.1) is 12.2 Å². The van der Waals surface area contributed by atoms with Gasteiger partial charge in [0.05, 0.1) is 0 Å². The van der Waals surface area contributed by atoms with Crippen LogP contribution < -0.4 is 24.8 Å². The largest absolute Gasteiger partial charge is 4.00 e. The van der Waals surface area contributed by atoms with Gasteiger partial charge in [-0.2, -0.15) is 23.2 Å². The molecular weight excluding hydrogens is 338 g/mol. The van der Waals surface area contributed by atoms with E-state index >= 15 is 0 Å². The Labute approximate surface area is 143 Å². The molecule has 0 bridgehead atoms. The van der Waals surface area contributed by atoms with Gasteiger partial charge in [0.2, 0.25) is 0 Å². The van der Waals surface area contributed by atoms with Gasteiger partial charge in [-0.05, 0) is 6.04 Å². The summed E-state index contributed by atoms with van der Waals surface area (Å²) in [4.78, 5) is 0. The normalized spacial score (nSPS) is 16.3. The standard InChI is InChI=1S/C13H15ClSi.2ClH.Ti/c1-2-11-15(14,12-7-3-4-8-12)13-9-5-6-10-13;;;/h3,5,7,9H,2,4,6,11H2,1H3;2*1H;/q-2;;;+4/p-2. The molecule has 0 nitrogen and oxygen atoms in total. The molecule has 18 heavy (non-hydrogen) atoms. The van der Waals surface area contributed by atoms with Gasteiger partial charge < -0.3 is 24.8 Å². The average Bonchev–Trinajstić information content (AvgIpc) is 2.92. The van der Waals surface area contributed by atoms with E-state index < -0.39 is 7.38 Å². The molecule has 0 amide bonds. The number of halogens is 3. The molecule has 5 heteroatoms. The maximum Gasteiger partial charge on any atom is 4.00 e. The Bertz CT molecular complexity index is 342.